The third-order valence-corrected chi connectivity index (χ3v) is 3.74. The average Bonchev–Trinajstić information content (AvgIpc) is 2.93. The largest absolute Gasteiger partial charge is 0.352 e. The first-order chi connectivity index (χ1) is 12.7. The molecule has 14 heteroatoms. The Bertz CT molecular complexity index is 656. The molecule has 3 N–H and O–H groups in total. The molecular formula is C14H18N4NaO8S. The molecule has 5 amide bonds. The molecule has 1 rings (SSSR count). The van der Waals surface area contributed by atoms with E-state index >= 15 is 0 Å². The van der Waals surface area contributed by atoms with E-state index in [1.807, 2.05) is 0 Å². The zero-order chi connectivity index (χ0) is 20.4. The summed E-state index contributed by atoms with van der Waals surface area (Å²) in [6.07, 6.45) is -0.0943. The molecule has 1 saturated heterocycles. The molecule has 1 radical (unpaired) electrons. The predicted octanol–water partition coefficient (Wildman–Crippen LogP) is -3.16. The van der Waals surface area contributed by atoms with Crippen LogP contribution in [0.5, 0.6) is 0 Å². The molecule has 0 aromatic rings. The summed E-state index contributed by atoms with van der Waals surface area (Å²) in [5.74, 6) is -4.31. The second kappa shape index (κ2) is 13.3. The fourth-order valence-corrected chi connectivity index (χ4v) is 2.10. The van der Waals surface area contributed by atoms with Crippen LogP contribution in [0.1, 0.15) is 19.8 Å². The second-order valence-corrected chi connectivity index (χ2v) is 6.31. The van der Waals surface area contributed by atoms with Gasteiger partial charge in [-0.15, -0.1) is 5.06 Å². The van der Waals surface area contributed by atoms with E-state index in [4.69, 9.17) is 0 Å². The van der Waals surface area contributed by atoms with Gasteiger partial charge in [0.05, 0.1) is 18.8 Å². The molecule has 0 aromatic heterocycles. The average molecular weight is 425 g/mol. The maximum Gasteiger partial charge on any atom is 0.352 e. The summed E-state index contributed by atoms with van der Waals surface area (Å²) in [6, 6.07) is 0. The molecule has 12 nitrogen and oxygen atoms in total. The minimum atomic E-state index is -1.02. The first-order valence-corrected chi connectivity index (χ1v) is 8.67. The molecule has 1 aliphatic heterocycles. The van der Waals surface area contributed by atoms with Crippen LogP contribution in [0.3, 0.4) is 0 Å². The number of rotatable bonds is 9. The van der Waals surface area contributed by atoms with Crippen molar-refractivity contribution in [1.82, 2.24) is 21.0 Å². The number of carbonyl (C=O) groups excluding carboxylic acids is 7. The van der Waals surface area contributed by atoms with Crippen LogP contribution in [-0.2, 0) is 38.4 Å². The van der Waals surface area contributed by atoms with Crippen molar-refractivity contribution in [3.8, 4) is 0 Å². The van der Waals surface area contributed by atoms with Crippen LogP contribution in [0.25, 0.3) is 0 Å². The molecule has 1 fully saturated rings. The summed E-state index contributed by atoms with van der Waals surface area (Å²) < 4.78 is 0. The van der Waals surface area contributed by atoms with Gasteiger partial charge in [0, 0.05) is 49.3 Å². The Morgan fingerprint density at radius 1 is 0.893 bits per heavy atom. The quantitative estimate of drug-likeness (QED) is 0.255. The Kier molecular flexibility index (Phi) is 12.3. The van der Waals surface area contributed by atoms with Crippen molar-refractivity contribution >= 4 is 81.9 Å². The Labute approximate surface area is 186 Å². The van der Waals surface area contributed by atoms with Crippen molar-refractivity contribution in [2.24, 2.45) is 0 Å². The maximum atomic E-state index is 11.5. The molecule has 0 spiro atoms. The van der Waals surface area contributed by atoms with Crippen LogP contribution < -0.4 is 16.0 Å². The van der Waals surface area contributed by atoms with Gasteiger partial charge in [-0.1, -0.05) is 11.8 Å². The molecule has 0 bridgehead atoms. The smallest absolute Gasteiger partial charge is 0.346 e. The fraction of sp³-hybridized carbons (Fsp3) is 0.500. The van der Waals surface area contributed by atoms with Crippen LogP contribution in [-0.4, -0.2) is 101 Å². The van der Waals surface area contributed by atoms with Crippen LogP contribution in [0, 0.1) is 0 Å². The van der Waals surface area contributed by atoms with Gasteiger partial charge in [-0.3, -0.25) is 28.8 Å². The predicted molar refractivity (Wildman–Crippen MR) is 95.1 cm³/mol. The normalized spacial score (nSPS) is 12.7. The summed E-state index contributed by atoms with van der Waals surface area (Å²) >= 11 is 0.794. The minimum absolute atomic E-state index is 0. The topological polar surface area (TPSA) is 168 Å². The number of nitrogens with zero attached hydrogens (tertiary/aromatic N) is 1. The van der Waals surface area contributed by atoms with Gasteiger partial charge in [0.15, 0.2) is 5.12 Å². The van der Waals surface area contributed by atoms with Gasteiger partial charge in [0.2, 0.25) is 17.7 Å². The number of carbonyl (C=O) groups is 7. The number of hydroxylamine groups is 2. The van der Waals surface area contributed by atoms with Crippen LogP contribution in [0.15, 0.2) is 0 Å². The summed E-state index contributed by atoms with van der Waals surface area (Å²) in [5, 5.41) is 6.72. The number of imide groups is 1. The molecule has 1 aliphatic rings. The second-order valence-electron chi connectivity index (χ2n) is 5.16. The van der Waals surface area contributed by atoms with E-state index in [-0.39, 0.29) is 59.8 Å². The summed E-state index contributed by atoms with van der Waals surface area (Å²) in [4.78, 5) is 83.5. The molecule has 0 unspecified atom stereocenters. The molecule has 149 valence electrons. The Hall–Kier alpha value is -1.96. The number of amides is 5. The van der Waals surface area contributed by atoms with Gasteiger partial charge in [-0.2, -0.15) is 0 Å². The maximum absolute atomic E-state index is 11.5. The van der Waals surface area contributed by atoms with Crippen molar-refractivity contribution in [3.05, 3.63) is 0 Å². The Morgan fingerprint density at radius 2 is 1.36 bits per heavy atom. The van der Waals surface area contributed by atoms with Gasteiger partial charge in [0.1, 0.15) is 6.54 Å². The van der Waals surface area contributed by atoms with E-state index in [9.17, 15) is 33.6 Å². The SMILES string of the molecule is CC(=O)SCC(=O)NCC(=O)NCC(=O)NCC(=O)ON1C(=O)CCC1=O.[Na]. The zero-order valence-corrected chi connectivity index (χ0v) is 18.2. The van der Waals surface area contributed by atoms with E-state index in [2.05, 4.69) is 20.8 Å². The van der Waals surface area contributed by atoms with E-state index in [1.165, 1.54) is 6.92 Å². The molecule has 0 saturated carbocycles. The van der Waals surface area contributed by atoms with E-state index < -0.39 is 48.6 Å². The van der Waals surface area contributed by atoms with E-state index in [0.717, 1.165) is 11.8 Å². The van der Waals surface area contributed by atoms with Crippen molar-refractivity contribution in [3.63, 3.8) is 0 Å². The van der Waals surface area contributed by atoms with Gasteiger partial charge in [-0.25, -0.2) is 4.79 Å². The first kappa shape index (κ1) is 26.0. The number of hydrogen-bond donors (Lipinski definition) is 3. The number of nitrogens with one attached hydrogen (secondary N) is 3. The van der Waals surface area contributed by atoms with Crippen molar-refractivity contribution in [2.45, 2.75) is 19.8 Å². The van der Waals surface area contributed by atoms with Crippen molar-refractivity contribution in [1.29, 1.82) is 0 Å². The third-order valence-electron chi connectivity index (χ3n) is 2.93. The molecule has 0 aromatic carbocycles. The molecular weight excluding hydrogens is 407 g/mol. The molecule has 1 heterocycles. The molecule has 0 atom stereocenters. The summed E-state index contributed by atoms with van der Waals surface area (Å²) in [5.41, 5.74) is 0. The van der Waals surface area contributed by atoms with Crippen molar-refractivity contribution < 1.29 is 38.4 Å². The van der Waals surface area contributed by atoms with Gasteiger partial charge in [-0.05, 0) is 0 Å². The fourth-order valence-electron chi connectivity index (χ4n) is 1.66. The minimum Gasteiger partial charge on any atom is -0.346 e. The van der Waals surface area contributed by atoms with Gasteiger partial charge in [0.25, 0.3) is 11.8 Å². The first-order valence-electron chi connectivity index (χ1n) is 7.69. The number of hydrogen-bond acceptors (Lipinski definition) is 9. The Balaban J connectivity index is 0.00000729. The molecule has 0 aliphatic carbocycles. The summed E-state index contributed by atoms with van der Waals surface area (Å²) in [7, 11) is 0. The van der Waals surface area contributed by atoms with Gasteiger partial charge >= 0.3 is 5.97 Å². The van der Waals surface area contributed by atoms with Gasteiger partial charge < -0.3 is 20.8 Å². The zero-order valence-electron chi connectivity index (χ0n) is 15.4. The van der Waals surface area contributed by atoms with Crippen LogP contribution in [0.2, 0.25) is 0 Å². The van der Waals surface area contributed by atoms with Crippen molar-refractivity contribution in [2.75, 3.05) is 25.4 Å². The number of thioether (sulfide) groups is 1. The van der Waals surface area contributed by atoms with E-state index in [0.29, 0.717) is 5.06 Å². The van der Waals surface area contributed by atoms with Crippen LogP contribution in [0.4, 0.5) is 0 Å². The monoisotopic (exact) mass is 425 g/mol. The molecule has 28 heavy (non-hydrogen) atoms. The van der Waals surface area contributed by atoms with E-state index in [1.54, 1.807) is 0 Å². The summed E-state index contributed by atoms with van der Waals surface area (Å²) in [6.45, 7) is -0.151. The third kappa shape index (κ3) is 10.4. The van der Waals surface area contributed by atoms with Crippen LogP contribution >= 0.6 is 11.8 Å². The standard InChI is InChI=1S/C14H18N4O8S.Na/c1-8(19)27-7-11(22)16-5-9(20)15-4-10(21)17-6-14(25)26-18-12(23)2-3-13(18)24;/h2-7H2,1H3,(H,15,20)(H,16,22)(H,17,21);. The Morgan fingerprint density at radius 3 is 1.86 bits per heavy atom.